The number of nitrogens with zero attached hydrogens (tertiary/aromatic N) is 1. The third-order valence-corrected chi connectivity index (χ3v) is 5.02. The quantitative estimate of drug-likeness (QED) is 0.369. The molecule has 1 fully saturated rings. The maximum absolute atomic E-state index is 12.4. The monoisotopic (exact) mass is 411 g/mol. The number of hydroxylamine groups is 1. The molecule has 2 aromatic carbocycles. The van der Waals surface area contributed by atoms with Gasteiger partial charge in [-0.15, -0.1) is 0 Å². The van der Waals surface area contributed by atoms with Crippen LogP contribution in [0, 0.1) is 12.8 Å². The van der Waals surface area contributed by atoms with Crippen molar-refractivity contribution in [1.29, 1.82) is 0 Å². The fourth-order valence-corrected chi connectivity index (χ4v) is 3.19. The Balaban J connectivity index is 1.66. The van der Waals surface area contributed by atoms with Gasteiger partial charge in [-0.05, 0) is 44.0 Å². The summed E-state index contributed by atoms with van der Waals surface area (Å²) in [6, 6.07) is 14.9. The molecule has 4 amide bonds. The van der Waals surface area contributed by atoms with E-state index in [2.05, 4.69) is 5.32 Å². The largest absolute Gasteiger partial charge is 0.493 e. The van der Waals surface area contributed by atoms with E-state index in [0.717, 1.165) is 16.0 Å². The van der Waals surface area contributed by atoms with E-state index in [1.54, 1.807) is 31.5 Å². The van der Waals surface area contributed by atoms with Gasteiger partial charge in [-0.1, -0.05) is 42.0 Å². The normalized spacial score (nSPS) is 16.2. The number of hydrogen-bond acceptors (Lipinski definition) is 5. The molecule has 1 heterocycles. The van der Waals surface area contributed by atoms with Gasteiger partial charge in [0.2, 0.25) is 0 Å². The van der Waals surface area contributed by atoms with Crippen LogP contribution in [0.5, 0.6) is 5.75 Å². The van der Waals surface area contributed by atoms with Crippen molar-refractivity contribution in [2.45, 2.75) is 26.3 Å². The molecule has 3 N–H and O–H groups in total. The van der Waals surface area contributed by atoms with Crippen molar-refractivity contribution in [3.8, 4) is 16.9 Å². The lowest BCUT2D eigenvalue weighted by Crippen LogP contribution is -2.44. The van der Waals surface area contributed by atoms with E-state index in [9.17, 15) is 14.4 Å². The molecule has 0 aliphatic carbocycles. The van der Waals surface area contributed by atoms with E-state index in [-0.39, 0.29) is 13.2 Å². The van der Waals surface area contributed by atoms with Crippen molar-refractivity contribution < 1.29 is 24.3 Å². The number of nitrogens with one attached hydrogen (secondary N) is 2. The Kier molecular flexibility index (Phi) is 6.07. The molecule has 0 bridgehead atoms. The summed E-state index contributed by atoms with van der Waals surface area (Å²) in [5.41, 5.74) is 3.81. The lowest BCUT2D eigenvalue weighted by atomic mass is 10.0. The van der Waals surface area contributed by atoms with Crippen LogP contribution in [0.3, 0.4) is 0 Å². The fraction of sp³-hybridized carbons (Fsp3) is 0.318. The van der Waals surface area contributed by atoms with Crippen LogP contribution < -0.4 is 15.5 Å². The van der Waals surface area contributed by atoms with E-state index >= 15 is 0 Å². The third kappa shape index (κ3) is 4.60. The van der Waals surface area contributed by atoms with E-state index < -0.39 is 29.3 Å². The Morgan fingerprint density at radius 3 is 2.17 bits per heavy atom. The van der Waals surface area contributed by atoms with Crippen LogP contribution >= 0.6 is 0 Å². The molecule has 1 aliphatic heterocycles. The first kappa shape index (κ1) is 21.3. The number of imide groups is 1. The molecule has 158 valence electrons. The highest BCUT2D eigenvalue weighted by molar-refractivity contribution is 6.06. The maximum atomic E-state index is 12.4. The summed E-state index contributed by atoms with van der Waals surface area (Å²) in [6.45, 7) is 4.87. The second-order valence-electron chi connectivity index (χ2n) is 7.85. The molecule has 8 nitrogen and oxygen atoms in total. The van der Waals surface area contributed by atoms with E-state index in [4.69, 9.17) is 9.94 Å². The molecule has 0 aromatic heterocycles. The number of urea groups is 1. The molecule has 0 saturated carbocycles. The van der Waals surface area contributed by atoms with Crippen LogP contribution in [-0.4, -0.2) is 46.6 Å². The first-order valence-corrected chi connectivity index (χ1v) is 9.59. The third-order valence-electron chi connectivity index (χ3n) is 5.02. The molecule has 1 saturated heterocycles. The molecule has 8 heteroatoms. The van der Waals surface area contributed by atoms with Crippen molar-refractivity contribution in [3.05, 3.63) is 54.1 Å². The fourth-order valence-electron chi connectivity index (χ4n) is 3.19. The second-order valence-corrected chi connectivity index (χ2v) is 7.85. The molecule has 1 unspecified atom stereocenters. The average molecular weight is 411 g/mol. The van der Waals surface area contributed by atoms with Gasteiger partial charge < -0.3 is 10.1 Å². The van der Waals surface area contributed by atoms with Crippen LogP contribution in [0.15, 0.2) is 48.5 Å². The number of ether oxygens (including phenoxy) is 1. The van der Waals surface area contributed by atoms with Gasteiger partial charge in [0.05, 0.1) is 5.92 Å². The van der Waals surface area contributed by atoms with Crippen LogP contribution in [0.1, 0.15) is 19.4 Å². The van der Waals surface area contributed by atoms with Gasteiger partial charge in [-0.3, -0.25) is 19.7 Å². The summed E-state index contributed by atoms with van der Waals surface area (Å²) in [4.78, 5) is 37.4. The number of amides is 4. The van der Waals surface area contributed by atoms with Crippen LogP contribution in [0.25, 0.3) is 11.1 Å². The lowest BCUT2D eigenvalue weighted by Gasteiger charge is -2.21. The number of rotatable bonds is 7. The molecule has 0 radical (unpaired) electrons. The molecule has 0 spiro atoms. The van der Waals surface area contributed by atoms with Crippen LogP contribution in [0.4, 0.5) is 4.79 Å². The highest BCUT2D eigenvalue weighted by Gasteiger charge is 2.45. The summed E-state index contributed by atoms with van der Waals surface area (Å²) in [5.74, 6) is -1.59. The predicted octanol–water partition coefficient (Wildman–Crippen LogP) is 2.49. The topological polar surface area (TPSA) is 108 Å². The molecular formula is C22H25N3O5. The maximum Gasteiger partial charge on any atom is 0.325 e. The molecule has 1 aliphatic rings. The zero-order chi connectivity index (χ0) is 21.9. The number of carbonyl (C=O) groups is 3. The van der Waals surface area contributed by atoms with E-state index in [0.29, 0.717) is 5.75 Å². The van der Waals surface area contributed by atoms with E-state index in [1.165, 1.54) is 5.56 Å². The summed E-state index contributed by atoms with van der Waals surface area (Å²) in [5, 5.41) is 11.6. The Labute approximate surface area is 174 Å². The Bertz CT molecular complexity index is 938. The van der Waals surface area contributed by atoms with Crippen molar-refractivity contribution in [2.75, 3.05) is 13.2 Å². The Morgan fingerprint density at radius 2 is 1.67 bits per heavy atom. The van der Waals surface area contributed by atoms with Crippen LogP contribution in [0.2, 0.25) is 0 Å². The van der Waals surface area contributed by atoms with Crippen molar-refractivity contribution in [1.82, 2.24) is 15.7 Å². The minimum atomic E-state index is -1.04. The van der Waals surface area contributed by atoms with Gasteiger partial charge in [0.15, 0.2) is 0 Å². The lowest BCUT2D eigenvalue weighted by molar-refractivity contribution is -0.136. The van der Waals surface area contributed by atoms with Gasteiger partial charge >= 0.3 is 6.03 Å². The zero-order valence-electron chi connectivity index (χ0n) is 17.1. The van der Waals surface area contributed by atoms with Crippen molar-refractivity contribution >= 4 is 17.8 Å². The number of benzene rings is 2. The highest BCUT2D eigenvalue weighted by atomic mass is 16.5. The standard InChI is InChI=1S/C22H25N3O5/c1-14-4-6-15(7-5-14)16-8-10-18(11-9-16)30-13-17(19(26)24-29)12-25-20(27)22(2,3)23-21(25)28/h4-11,17,29H,12-13H2,1-3H3,(H,23,28)(H,24,26). The molecule has 2 aromatic rings. The molecule has 30 heavy (non-hydrogen) atoms. The first-order chi connectivity index (χ1) is 14.2. The Morgan fingerprint density at radius 1 is 1.10 bits per heavy atom. The predicted molar refractivity (Wildman–Crippen MR) is 110 cm³/mol. The molecule has 3 rings (SSSR count). The second kappa shape index (κ2) is 8.54. The Hall–Kier alpha value is -3.39. The molecular weight excluding hydrogens is 386 g/mol. The van der Waals surface area contributed by atoms with E-state index in [1.807, 2.05) is 43.3 Å². The summed E-state index contributed by atoms with van der Waals surface area (Å²) < 4.78 is 5.69. The summed E-state index contributed by atoms with van der Waals surface area (Å²) in [7, 11) is 0. The SMILES string of the molecule is Cc1ccc(-c2ccc(OCC(CN3C(=O)NC(C)(C)C3=O)C(=O)NO)cc2)cc1. The minimum absolute atomic E-state index is 0.117. The number of carbonyl (C=O) groups excluding carboxylic acids is 3. The van der Waals surface area contributed by atoms with Crippen molar-refractivity contribution in [3.63, 3.8) is 0 Å². The number of hydrogen-bond donors (Lipinski definition) is 3. The van der Waals surface area contributed by atoms with Gasteiger partial charge in [0.1, 0.15) is 17.9 Å². The van der Waals surface area contributed by atoms with Crippen molar-refractivity contribution in [2.24, 2.45) is 5.92 Å². The number of aryl methyl sites for hydroxylation is 1. The smallest absolute Gasteiger partial charge is 0.325 e. The zero-order valence-corrected chi connectivity index (χ0v) is 17.1. The van der Waals surface area contributed by atoms with Gasteiger partial charge in [-0.2, -0.15) is 0 Å². The van der Waals surface area contributed by atoms with Gasteiger partial charge in [0, 0.05) is 6.54 Å². The first-order valence-electron chi connectivity index (χ1n) is 9.59. The molecule has 1 atom stereocenters. The minimum Gasteiger partial charge on any atom is -0.493 e. The van der Waals surface area contributed by atoms with Crippen LogP contribution in [-0.2, 0) is 9.59 Å². The summed E-state index contributed by atoms with van der Waals surface area (Å²) in [6.07, 6.45) is 0. The van der Waals surface area contributed by atoms with Gasteiger partial charge in [0.25, 0.3) is 11.8 Å². The average Bonchev–Trinajstić information content (AvgIpc) is 2.92. The van der Waals surface area contributed by atoms with Gasteiger partial charge in [-0.25, -0.2) is 10.3 Å². The summed E-state index contributed by atoms with van der Waals surface area (Å²) >= 11 is 0. The highest BCUT2D eigenvalue weighted by Crippen LogP contribution is 2.24.